The first-order chi connectivity index (χ1) is 16.2. The van der Waals surface area contributed by atoms with Crippen LogP contribution in [-0.4, -0.2) is 54.7 Å². The Balaban J connectivity index is 1.26. The summed E-state index contributed by atoms with van der Waals surface area (Å²) in [5.74, 6) is 0.825. The van der Waals surface area contributed by atoms with Gasteiger partial charge < -0.3 is 14.8 Å². The van der Waals surface area contributed by atoms with E-state index in [-0.39, 0.29) is 18.4 Å². The third kappa shape index (κ3) is 7.14. The Kier molecular flexibility index (Phi) is 8.06. The van der Waals surface area contributed by atoms with Crippen LogP contribution in [0.15, 0.2) is 72.9 Å². The quantitative estimate of drug-likeness (QED) is 0.544. The Morgan fingerprint density at radius 1 is 1.03 bits per heavy atom. The van der Waals surface area contributed by atoms with Gasteiger partial charge in [-0.05, 0) is 36.2 Å². The molecule has 2 heterocycles. The van der Waals surface area contributed by atoms with Gasteiger partial charge >= 0.3 is 0 Å². The Hall–Kier alpha value is -3.22. The van der Waals surface area contributed by atoms with Crippen LogP contribution in [0.3, 0.4) is 0 Å². The molecule has 3 aromatic rings. The first-order valence-corrected chi connectivity index (χ1v) is 11.5. The third-order valence-electron chi connectivity index (χ3n) is 5.64. The second kappa shape index (κ2) is 11.6. The summed E-state index contributed by atoms with van der Waals surface area (Å²) in [5.41, 5.74) is 3.91. The molecule has 1 aliphatic heterocycles. The molecule has 33 heavy (non-hydrogen) atoms. The third-order valence-corrected chi connectivity index (χ3v) is 5.64. The van der Waals surface area contributed by atoms with Gasteiger partial charge in [-0.1, -0.05) is 48.5 Å². The van der Waals surface area contributed by atoms with E-state index in [2.05, 4.69) is 22.1 Å². The topological polar surface area (TPSA) is 63.7 Å². The summed E-state index contributed by atoms with van der Waals surface area (Å²) >= 11 is 0. The van der Waals surface area contributed by atoms with Crippen molar-refractivity contribution in [1.29, 1.82) is 0 Å². The molecule has 0 spiro atoms. The lowest BCUT2D eigenvalue weighted by atomic mass is 10.1. The summed E-state index contributed by atoms with van der Waals surface area (Å²) in [5, 5.41) is 2.94. The van der Waals surface area contributed by atoms with Gasteiger partial charge in [0.05, 0.1) is 19.6 Å². The van der Waals surface area contributed by atoms with Crippen LogP contribution in [0.2, 0.25) is 0 Å². The van der Waals surface area contributed by atoms with Gasteiger partial charge in [0.15, 0.2) is 0 Å². The fourth-order valence-corrected chi connectivity index (χ4v) is 3.87. The van der Waals surface area contributed by atoms with Gasteiger partial charge in [-0.3, -0.25) is 14.7 Å². The molecule has 1 N–H and O–H groups in total. The zero-order valence-electron chi connectivity index (χ0n) is 19.1. The maximum absolute atomic E-state index is 12.2. The molecule has 1 aliphatic rings. The number of amides is 1. The second-order valence-electron chi connectivity index (χ2n) is 8.34. The van der Waals surface area contributed by atoms with Gasteiger partial charge in [-0.15, -0.1) is 0 Å². The summed E-state index contributed by atoms with van der Waals surface area (Å²) in [6.45, 7) is 7.04. The van der Waals surface area contributed by atoms with Crippen molar-refractivity contribution in [3.63, 3.8) is 0 Å². The van der Waals surface area contributed by atoms with Gasteiger partial charge in [0, 0.05) is 43.6 Å². The molecule has 0 bridgehead atoms. The van der Waals surface area contributed by atoms with Crippen LogP contribution in [0.5, 0.6) is 5.75 Å². The van der Waals surface area contributed by atoms with Crippen molar-refractivity contribution in [3.8, 4) is 16.9 Å². The van der Waals surface area contributed by atoms with E-state index >= 15 is 0 Å². The van der Waals surface area contributed by atoms with Crippen molar-refractivity contribution in [1.82, 2.24) is 15.2 Å². The number of pyridine rings is 1. The van der Waals surface area contributed by atoms with Crippen molar-refractivity contribution in [2.24, 2.45) is 0 Å². The van der Waals surface area contributed by atoms with E-state index in [4.69, 9.17) is 9.47 Å². The molecule has 1 aromatic heterocycles. The smallest absolute Gasteiger partial charge is 0.226 e. The average molecular weight is 446 g/mol. The maximum Gasteiger partial charge on any atom is 0.226 e. The van der Waals surface area contributed by atoms with E-state index < -0.39 is 0 Å². The molecule has 2 aromatic carbocycles. The molecule has 0 radical (unpaired) electrons. The van der Waals surface area contributed by atoms with Gasteiger partial charge in [-0.2, -0.15) is 0 Å². The van der Waals surface area contributed by atoms with Crippen LogP contribution in [-0.2, 0) is 22.5 Å². The van der Waals surface area contributed by atoms with Crippen molar-refractivity contribution < 1.29 is 14.3 Å². The van der Waals surface area contributed by atoms with Crippen molar-refractivity contribution in [3.05, 3.63) is 84.2 Å². The first kappa shape index (κ1) is 23.0. The molecule has 0 saturated carbocycles. The van der Waals surface area contributed by atoms with E-state index in [1.54, 1.807) is 0 Å². The lowest BCUT2D eigenvalue weighted by Crippen LogP contribution is -2.41. The molecule has 0 aliphatic carbocycles. The molecule has 1 amide bonds. The van der Waals surface area contributed by atoms with E-state index in [0.717, 1.165) is 61.0 Å². The fourth-order valence-electron chi connectivity index (χ4n) is 3.87. The number of hydrogen-bond donors (Lipinski definition) is 1. The van der Waals surface area contributed by atoms with Gasteiger partial charge in [0.1, 0.15) is 11.9 Å². The number of aromatic nitrogens is 1. The highest BCUT2D eigenvalue weighted by atomic mass is 16.5. The normalized spacial score (nSPS) is 15.1. The van der Waals surface area contributed by atoms with Crippen LogP contribution in [0.1, 0.15) is 18.2 Å². The number of nitrogens with zero attached hydrogens (tertiary/aromatic N) is 2. The average Bonchev–Trinajstić information content (AvgIpc) is 2.85. The van der Waals surface area contributed by atoms with Crippen LogP contribution >= 0.6 is 0 Å². The molecular formula is C27H31N3O3. The van der Waals surface area contributed by atoms with Gasteiger partial charge in [-0.25, -0.2) is 0 Å². The SMILES string of the molecule is CC(CN1CCOCC1)Oc1ccc(-c2ccc(CC(=O)NCc3ccccc3)nc2)cc1. The first-order valence-electron chi connectivity index (χ1n) is 11.5. The number of nitrogens with one attached hydrogen (secondary N) is 1. The Bertz CT molecular complexity index is 1000. The second-order valence-corrected chi connectivity index (χ2v) is 8.34. The molecule has 1 unspecified atom stereocenters. The van der Waals surface area contributed by atoms with Gasteiger partial charge in [0.25, 0.3) is 0 Å². The van der Waals surface area contributed by atoms with E-state index in [9.17, 15) is 4.79 Å². The molecule has 6 heteroatoms. The number of rotatable bonds is 9. The maximum atomic E-state index is 12.2. The monoisotopic (exact) mass is 445 g/mol. The minimum Gasteiger partial charge on any atom is -0.489 e. The highest BCUT2D eigenvalue weighted by molar-refractivity contribution is 5.78. The Morgan fingerprint density at radius 3 is 2.45 bits per heavy atom. The number of benzene rings is 2. The summed E-state index contributed by atoms with van der Waals surface area (Å²) in [7, 11) is 0. The summed E-state index contributed by atoms with van der Waals surface area (Å²) in [4.78, 5) is 19.1. The predicted molar refractivity (Wildman–Crippen MR) is 129 cm³/mol. The lowest BCUT2D eigenvalue weighted by Gasteiger charge is -2.29. The van der Waals surface area contributed by atoms with Crippen LogP contribution in [0.4, 0.5) is 0 Å². The zero-order chi connectivity index (χ0) is 22.9. The van der Waals surface area contributed by atoms with Crippen LogP contribution < -0.4 is 10.1 Å². The number of carbonyl (C=O) groups excluding carboxylic acids is 1. The lowest BCUT2D eigenvalue weighted by molar-refractivity contribution is -0.120. The summed E-state index contributed by atoms with van der Waals surface area (Å²) in [6, 6.07) is 21.9. The fraction of sp³-hybridized carbons (Fsp3) is 0.333. The number of carbonyl (C=O) groups is 1. The molecule has 1 fully saturated rings. The molecule has 6 nitrogen and oxygen atoms in total. The highest BCUT2D eigenvalue weighted by Crippen LogP contribution is 2.23. The largest absolute Gasteiger partial charge is 0.489 e. The molecule has 172 valence electrons. The molecule has 1 saturated heterocycles. The minimum absolute atomic E-state index is 0.0354. The number of hydrogen-bond acceptors (Lipinski definition) is 5. The van der Waals surface area contributed by atoms with Crippen molar-refractivity contribution in [2.45, 2.75) is 26.0 Å². The summed E-state index contributed by atoms with van der Waals surface area (Å²) in [6.07, 6.45) is 2.19. The van der Waals surface area contributed by atoms with Crippen LogP contribution in [0.25, 0.3) is 11.1 Å². The van der Waals surface area contributed by atoms with E-state index in [1.165, 1.54) is 0 Å². The Morgan fingerprint density at radius 2 is 1.76 bits per heavy atom. The zero-order valence-corrected chi connectivity index (χ0v) is 19.1. The van der Waals surface area contributed by atoms with Crippen molar-refractivity contribution >= 4 is 5.91 Å². The van der Waals surface area contributed by atoms with Crippen LogP contribution in [0, 0.1) is 0 Å². The molecule has 1 atom stereocenters. The number of ether oxygens (including phenoxy) is 2. The highest BCUT2D eigenvalue weighted by Gasteiger charge is 2.14. The predicted octanol–water partition coefficient (Wildman–Crippen LogP) is 3.71. The van der Waals surface area contributed by atoms with E-state index in [0.29, 0.717) is 6.54 Å². The minimum atomic E-state index is -0.0354. The molecule has 4 rings (SSSR count). The molecular weight excluding hydrogens is 414 g/mol. The van der Waals surface area contributed by atoms with Gasteiger partial charge in [0.2, 0.25) is 5.91 Å². The standard InChI is InChI=1S/C27H31N3O3/c1-21(20-30-13-15-32-16-14-30)33-26-11-8-23(9-12-26)24-7-10-25(28-19-24)17-27(31)29-18-22-5-3-2-4-6-22/h2-12,19,21H,13-18,20H2,1H3,(H,29,31). The van der Waals surface area contributed by atoms with Crippen molar-refractivity contribution in [2.75, 3.05) is 32.8 Å². The number of morpholine rings is 1. The Labute approximate surface area is 195 Å². The summed E-state index contributed by atoms with van der Waals surface area (Å²) < 4.78 is 11.5. The van der Waals surface area contributed by atoms with E-state index in [1.807, 2.05) is 72.9 Å².